The van der Waals surface area contributed by atoms with Gasteiger partial charge >= 0.3 is 5.97 Å². The monoisotopic (exact) mass is 392 g/mol. The van der Waals surface area contributed by atoms with Gasteiger partial charge < -0.3 is 14.4 Å². The van der Waals surface area contributed by atoms with E-state index in [0.717, 1.165) is 83.2 Å². The number of esters is 1. The van der Waals surface area contributed by atoms with Gasteiger partial charge in [0.15, 0.2) is 0 Å². The van der Waals surface area contributed by atoms with Crippen molar-refractivity contribution in [3.63, 3.8) is 0 Å². The normalized spacial score (nSPS) is 26.4. The van der Waals surface area contributed by atoms with Crippen LogP contribution in [-0.4, -0.2) is 74.4 Å². The van der Waals surface area contributed by atoms with Gasteiger partial charge in [-0.3, -0.25) is 9.69 Å². The molecule has 3 aliphatic rings. The minimum atomic E-state index is -0.242. The molecule has 0 radical (unpaired) electrons. The molecule has 4 rings (SSSR count). The van der Waals surface area contributed by atoms with E-state index in [1.54, 1.807) is 0 Å². The lowest BCUT2D eigenvalue weighted by Gasteiger charge is -2.36. The first-order valence-electron chi connectivity index (χ1n) is 10.1. The molecule has 0 N–H and O–H groups in total. The average Bonchev–Trinajstić information content (AvgIpc) is 2.98. The van der Waals surface area contributed by atoms with Gasteiger partial charge in [0.2, 0.25) is 0 Å². The van der Waals surface area contributed by atoms with Crippen molar-refractivity contribution in [1.29, 1.82) is 0 Å². The van der Waals surface area contributed by atoms with Gasteiger partial charge in [0.25, 0.3) is 0 Å². The van der Waals surface area contributed by atoms with Gasteiger partial charge in [-0.15, -0.1) is 0 Å². The van der Waals surface area contributed by atoms with Gasteiger partial charge in [-0.05, 0) is 50.0 Å². The third kappa shape index (κ3) is 4.65. The number of hydrogen-bond acceptors (Lipinski definition) is 5. The van der Waals surface area contributed by atoms with Crippen molar-refractivity contribution in [2.75, 3.05) is 52.5 Å². The molecule has 3 saturated heterocycles. The van der Waals surface area contributed by atoms with Crippen LogP contribution in [0.5, 0.6) is 0 Å². The van der Waals surface area contributed by atoms with Gasteiger partial charge in [0, 0.05) is 37.6 Å². The van der Waals surface area contributed by atoms with Crippen LogP contribution in [0.4, 0.5) is 0 Å². The molecule has 3 aliphatic heterocycles. The fraction of sp³-hybridized carbons (Fsp3) is 0.667. The molecular formula is C21H29ClN2O3. The number of halogens is 1. The van der Waals surface area contributed by atoms with E-state index in [2.05, 4.69) is 21.9 Å². The molecule has 1 aromatic rings. The summed E-state index contributed by atoms with van der Waals surface area (Å²) in [4.78, 5) is 17.5. The van der Waals surface area contributed by atoms with Gasteiger partial charge in [0.05, 0.1) is 18.6 Å². The quantitative estimate of drug-likeness (QED) is 0.720. The Kier molecular flexibility index (Phi) is 6.02. The number of likely N-dealkylation sites (tertiary alicyclic amines) is 1. The van der Waals surface area contributed by atoms with E-state index < -0.39 is 0 Å². The molecule has 0 aliphatic carbocycles. The fourth-order valence-corrected chi connectivity index (χ4v) is 4.69. The molecule has 3 heterocycles. The Morgan fingerprint density at radius 1 is 1.04 bits per heavy atom. The zero-order chi connectivity index (χ0) is 18.7. The Hall–Kier alpha value is -1.14. The topological polar surface area (TPSA) is 42.0 Å². The van der Waals surface area contributed by atoms with E-state index in [9.17, 15) is 4.79 Å². The summed E-state index contributed by atoms with van der Waals surface area (Å²) >= 11 is 5.95. The van der Waals surface area contributed by atoms with Crippen molar-refractivity contribution < 1.29 is 14.3 Å². The van der Waals surface area contributed by atoms with Crippen molar-refractivity contribution in [2.24, 2.45) is 5.41 Å². The second-order valence-electron chi connectivity index (χ2n) is 8.14. The summed E-state index contributed by atoms with van der Waals surface area (Å²) in [6.07, 6.45) is 3.80. The van der Waals surface area contributed by atoms with E-state index in [1.165, 1.54) is 5.56 Å². The highest BCUT2D eigenvalue weighted by atomic mass is 35.5. The van der Waals surface area contributed by atoms with E-state index in [-0.39, 0.29) is 17.5 Å². The van der Waals surface area contributed by atoms with Crippen molar-refractivity contribution >= 4 is 17.6 Å². The maximum atomic E-state index is 12.6. The lowest BCUT2D eigenvalue weighted by atomic mass is 9.76. The first kappa shape index (κ1) is 19.2. The third-order valence-corrected chi connectivity index (χ3v) is 6.59. The average molecular weight is 393 g/mol. The first-order valence-corrected chi connectivity index (χ1v) is 10.5. The van der Waals surface area contributed by atoms with Crippen molar-refractivity contribution in [3.8, 4) is 0 Å². The highest BCUT2D eigenvalue weighted by molar-refractivity contribution is 6.30. The highest BCUT2D eigenvalue weighted by Crippen LogP contribution is 2.43. The number of carbonyl (C=O) groups is 1. The molecule has 1 aromatic carbocycles. The minimum absolute atomic E-state index is 0.0399. The Labute approximate surface area is 166 Å². The highest BCUT2D eigenvalue weighted by Gasteiger charge is 2.50. The maximum Gasteiger partial charge on any atom is 0.312 e. The lowest BCUT2D eigenvalue weighted by Crippen LogP contribution is -2.43. The van der Waals surface area contributed by atoms with Crippen molar-refractivity contribution in [3.05, 3.63) is 34.9 Å². The number of rotatable bonds is 5. The van der Waals surface area contributed by atoms with E-state index in [1.807, 2.05) is 12.1 Å². The van der Waals surface area contributed by atoms with E-state index in [0.29, 0.717) is 0 Å². The summed E-state index contributed by atoms with van der Waals surface area (Å²) in [6.45, 7) is 7.31. The molecule has 5 nitrogen and oxygen atoms in total. The summed E-state index contributed by atoms with van der Waals surface area (Å²) < 4.78 is 11.2. The number of cyclic esters (lactones) is 1. The van der Waals surface area contributed by atoms with Crippen LogP contribution < -0.4 is 0 Å². The van der Waals surface area contributed by atoms with Crippen molar-refractivity contribution in [2.45, 2.75) is 31.8 Å². The Morgan fingerprint density at radius 2 is 1.74 bits per heavy atom. The Balaban J connectivity index is 1.25. The van der Waals surface area contributed by atoms with Gasteiger partial charge in [-0.2, -0.15) is 0 Å². The maximum absolute atomic E-state index is 12.6. The largest absolute Gasteiger partial charge is 0.461 e. The summed E-state index contributed by atoms with van der Waals surface area (Å²) in [5.74, 6) is 0.0399. The first-order chi connectivity index (χ1) is 13.1. The predicted molar refractivity (Wildman–Crippen MR) is 105 cm³/mol. The molecule has 0 aromatic heterocycles. The van der Waals surface area contributed by atoms with Gasteiger partial charge in [0.1, 0.15) is 6.10 Å². The van der Waals surface area contributed by atoms with Crippen LogP contribution in [0, 0.1) is 5.41 Å². The molecule has 0 bridgehead atoms. The smallest absolute Gasteiger partial charge is 0.312 e. The summed E-state index contributed by atoms with van der Waals surface area (Å²) in [5, 5.41) is 0.782. The molecule has 6 heteroatoms. The van der Waals surface area contributed by atoms with Gasteiger partial charge in [-0.25, -0.2) is 0 Å². The second-order valence-corrected chi connectivity index (χ2v) is 8.58. The molecule has 27 heavy (non-hydrogen) atoms. The number of benzene rings is 1. The van der Waals surface area contributed by atoms with Crippen LogP contribution in [0.25, 0.3) is 0 Å². The van der Waals surface area contributed by atoms with E-state index >= 15 is 0 Å². The zero-order valence-electron chi connectivity index (χ0n) is 15.9. The third-order valence-electron chi connectivity index (χ3n) is 6.33. The van der Waals surface area contributed by atoms with Crippen LogP contribution in [-0.2, 0) is 20.7 Å². The van der Waals surface area contributed by atoms with E-state index in [4.69, 9.17) is 21.1 Å². The molecule has 0 saturated carbocycles. The second kappa shape index (κ2) is 8.48. The molecule has 1 atom stereocenters. The molecule has 1 unspecified atom stereocenters. The van der Waals surface area contributed by atoms with Crippen LogP contribution in [0.2, 0.25) is 5.02 Å². The zero-order valence-corrected chi connectivity index (χ0v) is 16.6. The molecule has 0 amide bonds. The Morgan fingerprint density at radius 3 is 2.44 bits per heavy atom. The number of morpholine rings is 1. The molecule has 3 fully saturated rings. The van der Waals surface area contributed by atoms with Crippen LogP contribution in [0.3, 0.4) is 0 Å². The Bertz CT molecular complexity index is 637. The summed E-state index contributed by atoms with van der Waals surface area (Å²) in [6, 6.07) is 8.09. The molecular weight excluding hydrogens is 364 g/mol. The summed E-state index contributed by atoms with van der Waals surface area (Å²) in [5.41, 5.74) is 1.07. The minimum Gasteiger partial charge on any atom is -0.461 e. The predicted octanol–water partition coefficient (Wildman–Crippen LogP) is 2.61. The summed E-state index contributed by atoms with van der Waals surface area (Å²) in [7, 11) is 0. The van der Waals surface area contributed by atoms with Crippen LogP contribution >= 0.6 is 11.6 Å². The number of piperidine rings is 1. The standard InChI is InChI=1S/C21H29ClN2O3/c22-18-3-1-17(2-4-18)5-8-23-9-6-21(7-10-23)15-19(27-20(21)25)16-24-11-13-26-14-12-24/h1-4,19H,5-16H2. The lowest BCUT2D eigenvalue weighted by molar-refractivity contribution is -0.151. The van der Waals surface area contributed by atoms with Crippen molar-refractivity contribution in [1.82, 2.24) is 9.80 Å². The number of ether oxygens (including phenoxy) is 2. The van der Waals surface area contributed by atoms with Gasteiger partial charge in [-0.1, -0.05) is 23.7 Å². The molecule has 148 valence electrons. The molecule has 1 spiro atoms. The number of hydrogen-bond donors (Lipinski definition) is 0. The van der Waals surface area contributed by atoms with Crippen LogP contribution in [0.1, 0.15) is 24.8 Å². The number of nitrogens with zero attached hydrogens (tertiary/aromatic N) is 2. The fourth-order valence-electron chi connectivity index (χ4n) is 4.56. The SMILES string of the molecule is O=C1OC(CN2CCOCC2)CC12CCN(CCc1ccc(Cl)cc1)CC2. The number of carbonyl (C=O) groups excluding carboxylic acids is 1. The van der Waals surface area contributed by atoms with Crippen LogP contribution in [0.15, 0.2) is 24.3 Å².